The van der Waals surface area contributed by atoms with Gasteiger partial charge < -0.3 is 14.2 Å². The van der Waals surface area contributed by atoms with Crippen LogP contribution in [0.15, 0.2) is 66.7 Å². The third-order valence-electron chi connectivity index (χ3n) is 5.68. The molecule has 0 aromatic heterocycles. The maximum Gasteiger partial charge on any atom is 0.130 e. The number of methoxy groups -OCH3 is 1. The van der Waals surface area contributed by atoms with Crippen molar-refractivity contribution in [2.24, 2.45) is 0 Å². The van der Waals surface area contributed by atoms with Crippen LogP contribution in [0.25, 0.3) is 0 Å². The van der Waals surface area contributed by atoms with E-state index in [-0.39, 0.29) is 18.1 Å². The highest BCUT2D eigenvalue weighted by Crippen LogP contribution is 2.50. The van der Waals surface area contributed by atoms with Crippen LogP contribution in [-0.2, 0) is 6.42 Å². The summed E-state index contributed by atoms with van der Waals surface area (Å²) < 4.78 is 17.9. The van der Waals surface area contributed by atoms with Crippen molar-refractivity contribution in [2.75, 3.05) is 7.11 Å². The molecule has 3 atom stereocenters. The largest absolute Gasteiger partial charge is 0.497 e. The van der Waals surface area contributed by atoms with E-state index >= 15 is 0 Å². The normalized spacial score (nSPS) is 22.5. The first-order chi connectivity index (χ1) is 13.2. The molecule has 5 rings (SSSR count). The second kappa shape index (κ2) is 6.34. The van der Waals surface area contributed by atoms with Crippen LogP contribution in [0.2, 0.25) is 0 Å². The summed E-state index contributed by atoms with van der Waals surface area (Å²) in [6.45, 7) is 2.22. The Labute approximate surface area is 159 Å². The van der Waals surface area contributed by atoms with E-state index < -0.39 is 0 Å². The summed E-state index contributed by atoms with van der Waals surface area (Å²) in [5.41, 5.74) is 4.84. The van der Waals surface area contributed by atoms with Crippen LogP contribution in [0.4, 0.5) is 0 Å². The van der Waals surface area contributed by atoms with Crippen LogP contribution in [0.1, 0.15) is 47.3 Å². The van der Waals surface area contributed by atoms with Gasteiger partial charge in [-0.1, -0.05) is 49.4 Å². The number of fused-ring (bicyclic) bond motifs is 2. The van der Waals surface area contributed by atoms with Gasteiger partial charge in [0.05, 0.1) is 7.11 Å². The molecule has 3 aromatic carbocycles. The first-order valence-electron chi connectivity index (χ1n) is 9.42. The molecule has 0 radical (unpaired) electrons. The maximum absolute atomic E-state index is 6.35. The Morgan fingerprint density at radius 2 is 1.63 bits per heavy atom. The van der Waals surface area contributed by atoms with Gasteiger partial charge in [-0.2, -0.15) is 0 Å². The van der Waals surface area contributed by atoms with E-state index in [2.05, 4.69) is 55.5 Å². The Balaban J connectivity index is 1.41. The zero-order valence-electron chi connectivity index (χ0n) is 15.5. The number of ether oxygens (including phenoxy) is 3. The number of rotatable bonds is 3. The Morgan fingerprint density at radius 3 is 2.37 bits per heavy atom. The summed E-state index contributed by atoms with van der Waals surface area (Å²) in [4.78, 5) is 0. The summed E-state index contributed by atoms with van der Waals surface area (Å²) in [6.07, 6.45) is 1.01. The van der Waals surface area contributed by atoms with Crippen molar-refractivity contribution < 1.29 is 14.2 Å². The monoisotopic (exact) mass is 358 g/mol. The molecule has 136 valence electrons. The van der Waals surface area contributed by atoms with Crippen LogP contribution >= 0.6 is 0 Å². The average molecular weight is 358 g/mol. The zero-order chi connectivity index (χ0) is 18.4. The van der Waals surface area contributed by atoms with Crippen LogP contribution in [0, 0.1) is 0 Å². The molecule has 0 bridgehead atoms. The highest BCUT2D eigenvalue weighted by molar-refractivity contribution is 5.53. The van der Waals surface area contributed by atoms with Gasteiger partial charge in [-0.25, -0.2) is 0 Å². The lowest BCUT2D eigenvalue weighted by atomic mass is 9.92. The molecule has 2 aliphatic rings. The number of hydrogen-bond acceptors (Lipinski definition) is 3. The summed E-state index contributed by atoms with van der Waals surface area (Å²) in [5.74, 6) is 3.12. The molecule has 3 nitrogen and oxygen atoms in total. The summed E-state index contributed by atoms with van der Waals surface area (Å²) in [5, 5.41) is 0. The minimum atomic E-state index is 0.0263. The minimum absolute atomic E-state index is 0.0263. The van der Waals surface area contributed by atoms with Gasteiger partial charge >= 0.3 is 0 Å². The van der Waals surface area contributed by atoms with Crippen LogP contribution < -0.4 is 14.2 Å². The van der Waals surface area contributed by atoms with E-state index in [1.165, 1.54) is 22.3 Å². The van der Waals surface area contributed by atoms with Crippen molar-refractivity contribution in [2.45, 2.75) is 31.5 Å². The van der Waals surface area contributed by atoms with Gasteiger partial charge in [0, 0.05) is 23.5 Å². The highest BCUT2D eigenvalue weighted by Gasteiger charge is 2.35. The molecule has 0 aliphatic carbocycles. The predicted octanol–water partition coefficient (Wildman–Crippen LogP) is 5.61. The van der Waals surface area contributed by atoms with E-state index in [0.717, 1.165) is 23.7 Å². The molecule has 0 spiro atoms. The van der Waals surface area contributed by atoms with Crippen LogP contribution in [0.3, 0.4) is 0 Å². The van der Waals surface area contributed by atoms with Gasteiger partial charge in [0.15, 0.2) is 0 Å². The minimum Gasteiger partial charge on any atom is -0.497 e. The fraction of sp³-hybridized carbons (Fsp3) is 0.250. The molecule has 0 saturated carbocycles. The van der Waals surface area contributed by atoms with Crippen molar-refractivity contribution in [3.8, 4) is 17.2 Å². The van der Waals surface area contributed by atoms with Gasteiger partial charge in [0.2, 0.25) is 0 Å². The maximum atomic E-state index is 6.35. The Kier molecular flexibility index (Phi) is 3.82. The molecule has 2 heterocycles. The molecule has 0 N–H and O–H groups in total. The molecular weight excluding hydrogens is 336 g/mol. The number of benzene rings is 3. The standard InChI is InChI=1S/C24H22O3/c1-15-20-14-22-18(12-21(26-22)16-6-4-3-5-7-16)13-23(20)27-24(15)17-8-10-19(25-2)11-9-17/h3-11,13-15,21,24H,12H2,1-2H3/t15-,21?,24-/m1/s1. The van der Waals surface area contributed by atoms with Gasteiger partial charge in [-0.3, -0.25) is 0 Å². The van der Waals surface area contributed by atoms with Crippen molar-refractivity contribution in [1.29, 1.82) is 0 Å². The van der Waals surface area contributed by atoms with E-state index in [4.69, 9.17) is 14.2 Å². The molecule has 0 fully saturated rings. The molecule has 1 unspecified atom stereocenters. The van der Waals surface area contributed by atoms with Crippen molar-refractivity contribution in [3.05, 3.63) is 89.0 Å². The SMILES string of the molecule is COc1ccc([C@@H]2Oc3cc4c(cc3[C@H]2C)OC(c2ccccc2)C4)cc1. The third kappa shape index (κ3) is 2.74. The predicted molar refractivity (Wildman–Crippen MR) is 105 cm³/mol. The molecule has 3 aromatic rings. The molecule has 2 aliphatic heterocycles. The molecule has 0 saturated heterocycles. The van der Waals surface area contributed by atoms with Crippen molar-refractivity contribution in [1.82, 2.24) is 0 Å². The smallest absolute Gasteiger partial charge is 0.130 e. The van der Waals surface area contributed by atoms with E-state index in [1.807, 2.05) is 18.2 Å². The summed E-state index contributed by atoms with van der Waals surface area (Å²) >= 11 is 0. The van der Waals surface area contributed by atoms with E-state index in [1.54, 1.807) is 7.11 Å². The van der Waals surface area contributed by atoms with Gasteiger partial charge in [-0.15, -0.1) is 0 Å². The first-order valence-corrected chi connectivity index (χ1v) is 9.42. The Morgan fingerprint density at radius 1 is 0.852 bits per heavy atom. The number of hydrogen-bond donors (Lipinski definition) is 0. The lowest BCUT2D eigenvalue weighted by Crippen LogP contribution is -2.07. The Hall–Kier alpha value is -2.94. The molecule has 27 heavy (non-hydrogen) atoms. The summed E-state index contributed by atoms with van der Waals surface area (Å²) in [6, 6.07) is 22.9. The quantitative estimate of drug-likeness (QED) is 0.609. The zero-order valence-corrected chi connectivity index (χ0v) is 15.5. The third-order valence-corrected chi connectivity index (χ3v) is 5.68. The van der Waals surface area contributed by atoms with Crippen molar-refractivity contribution in [3.63, 3.8) is 0 Å². The highest BCUT2D eigenvalue weighted by atomic mass is 16.5. The van der Waals surface area contributed by atoms with Crippen LogP contribution in [0.5, 0.6) is 17.2 Å². The fourth-order valence-corrected chi connectivity index (χ4v) is 4.15. The Bertz CT molecular complexity index is 963. The topological polar surface area (TPSA) is 27.7 Å². The van der Waals surface area contributed by atoms with Gasteiger partial charge in [0.1, 0.15) is 29.5 Å². The van der Waals surface area contributed by atoms with Crippen molar-refractivity contribution >= 4 is 0 Å². The lowest BCUT2D eigenvalue weighted by molar-refractivity contribution is 0.215. The lowest BCUT2D eigenvalue weighted by Gasteiger charge is -2.16. The summed E-state index contributed by atoms with van der Waals surface area (Å²) in [7, 11) is 1.68. The van der Waals surface area contributed by atoms with Crippen LogP contribution in [-0.4, -0.2) is 7.11 Å². The van der Waals surface area contributed by atoms with E-state index in [0.29, 0.717) is 0 Å². The van der Waals surface area contributed by atoms with Gasteiger partial charge in [-0.05, 0) is 35.4 Å². The molecule has 0 amide bonds. The molecule has 3 heteroatoms. The first kappa shape index (κ1) is 16.2. The second-order valence-corrected chi connectivity index (χ2v) is 7.32. The fourth-order valence-electron chi connectivity index (χ4n) is 4.15. The molecular formula is C24H22O3. The second-order valence-electron chi connectivity index (χ2n) is 7.32. The van der Waals surface area contributed by atoms with E-state index in [9.17, 15) is 0 Å². The van der Waals surface area contributed by atoms with Gasteiger partial charge in [0.25, 0.3) is 0 Å². The average Bonchev–Trinajstić information content (AvgIpc) is 3.28.